The summed E-state index contributed by atoms with van der Waals surface area (Å²) >= 11 is 5.96. The number of halogens is 1. The zero-order chi connectivity index (χ0) is 20.5. The largest absolute Gasteiger partial charge is 0.489 e. The Labute approximate surface area is 175 Å². The molecule has 0 aliphatic rings. The maximum absolute atomic E-state index is 12.5. The zero-order valence-electron chi connectivity index (χ0n) is 16.3. The molecule has 0 aliphatic heterocycles. The SMILES string of the molecule is CCN(Cc1ccc(OCc2ccccc2)cc1)C(=O)COc1cccnc1Cl. The molecule has 3 aromatic rings. The molecule has 5 nitrogen and oxygen atoms in total. The van der Waals surface area contributed by atoms with Crippen molar-refractivity contribution in [1.82, 2.24) is 9.88 Å². The summed E-state index contributed by atoms with van der Waals surface area (Å²) in [5.41, 5.74) is 2.14. The minimum Gasteiger partial charge on any atom is -0.489 e. The van der Waals surface area contributed by atoms with Crippen LogP contribution in [0.2, 0.25) is 5.15 Å². The third-order valence-corrected chi connectivity index (χ3v) is 4.64. The van der Waals surface area contributed by atoms with Crippen molar-refractivity contribution in [2.24, 2.45) is 0 Å². The second-order valence-corrected chi connectivity index (χ2v) is 6.77. The van der Waals surface area contributed by atoms with E-state index in [-0.39, 0.29) is 17.7 Å². The number of carbonyl (C=O) groups is 1. The molecular weight excluding hydrogens is 388 g/mol. The van der Waals surface area contributed by atoms with Crippen LogP contribution < -0.4 is 9.47 Å². The van der Waals surface area contributed by atoms with Crippen LogP contribution in [0.5, 0.6) is 11.5 Å². The van der Waals surface area contributed by atoms with Crippen LogP contribution in [0, 0.1) is 0 Å². The van der Waals surface area contributed by atoms with Crippen LogP contribution >= 0.6 is 11.6 Å². The second kappa shape index (κ2) is 10.5. The molecule has 1 heterocycles. The molecule has 0 saturated heterocycles. The summed E-state index contributed by atoms with van der Waals surface area (Å²) < 4.78 is 11.3. The fraction of sp³-hybridized carbons (Fsp3) is 0.217. The summed E-state index contributed by atoms with van der Waals surface area (Å²) in [4.78, 5) is 18.2. The van der Waals surface area contributed by atoms with Crippen LogP contribution in [-0.4, -0.2) is 28.9 Å². The molecule has 0 radical (unpaired) electrons. The lowest BCUT2D eigenvalue weighted by Gasteiger charge is -2.21. The number of benzene rings is 2. The molecule has 6 heteroatoms. The summed E-state index contributed by atoms with van der Waals surface area (Å²) in [6.07, 6.45) is 1.57. The van der Waals surface area contributed by atoms with E-state index in [0.29, 0.717) is 25.4 Å². The van der Waals surface area contributed by atoms with Crippen LogP contribution in [0.4, 0.5) is 0 Å². The number of ether oxygens (including phenoxy) is 2. The van der Waals surface area contributed by atoms with Crippen molar-refractivity contribution in [1.29, 1.82) is 0 Å². The average Bonchev–Trinajstić information content (AvgIpc) is 2.77. The molecule has 1 amide bonds. The van der Waals surface area contributed by atoms with Gasteiger partial charge in [-0.15, -0.1) is 0 Å². The van der Waals surface area contributed by atoms with Gasteiger partial charge in [0, 0.05) is 19.3 Å². The Balaban J connectivity index is 1.51. The van der Waals surface area contributed by atoms with Crippen LogP contribution in [0.3, 0.4) is 0 Å². The molecule has 2 aromatic carbocycles. The minimum absolute atomic E-state index is 0.0858. The van der Waals surface area contributed by atoms with Gasteiger partial charge in [0.2, 0.25) is 0 Å². The molecule has 0 atom stereocenters. The standard InChI is InChI=1S/C23H23ClN2O3/c1-2-26(22(27)17-29-21-9-6-14-25-23(21)24)15-18-10-12-20(13-11-18)28-16-19-7-4-3-5-8-19/h3-14H,2,15-17H2,1H3. The van der Waals surface area contributed by atoms with Crippen LogP contribution in [0.1, 0.15) is 18.1 Å². The molecule has 0 saturated carbocycles. The molecular formula is C23H23ClN2O3. The first-order valence-electron chi connectivity index (χ1n) is 9.42. The van der Waals surface area contributed by atoms with Crippen LogP contribution in [0.25, 0.3) is 0 Å². The van der Waals surface area contributed by atoms with Crippen molar-refractivity contribution < 1.29 is 14.3 Å². The predicted octanol–water partition coefficient (Wildman–Crippen LogP) is 4.74. The number of aromatic nitrogens is 1. The first kappa shape index (κ1) is 20.7. The Morgan fingerprint density at radius 3 is 2.41 bits per heavy atom. The Morgan fingerprint density at radius 2 is 1.72 bits per heavy atom. The molecule has 0 fully saturated rings. The highest BCUT2D eigenvalue weighted by molar-refractivity contribution is 6.30. The summed E-state index contributed by atoms with van der Waals surface area (Å²) in [6.45, 7) is 3.45. The van der Waals surface area contributed by atoms with Crippen LogP contribution in [0.15, 0.2) is 72.9 Å². The highest BCUT2D eigenvalue weighted by atomic mass is 35.5. The highest BCUT2D eigenvalue weighted by Crippen LogP contribution is 2.20. The van der Waals surface area contributed by atoms with Gasteiger partial charge in [0.1, 0.15) is 12.4 Å². The lowest BCUT2D eigenvalue weighted by atomic mass is 10.2. The van der Waals surface area contributed by atoms with E-state index in [1.54, 1.807) is 23.2 Å². The average molecular weight is 411 g/mol. The molecule has 0 aliphatic carbocycles. The van der Waals surface area contributed by atoms with E-state index >= 15 is 0 Å². The zero-order valence-corrected chi connectivity index (χ0v) is 17.0. The van der Waals surface area contributed by atoms with Crippen molar-refractivity contribution in [3.05, 3.63) is 89.2 Å². The molecule has 0 N–H and O–H groups in total. The van der Waals surface area contributed by atoms with E-state index in [2.05, 4.69) is 4.98 Å². The topological polar surface area (TPSA) is 51.7 Å². The predicted molar refractivity (Wildman–Crippen MR) is 113 cm³/mol. The molecule has 0 spiro atoms. The second-order valence-electron chi connectivity index (χ2n) is 6.41. The molecule has 1 aromatic heterocycles. The van der Waals surface area contributed by atoms with Gasteiger partial charge in [-0.3, -0.25) is 4.79 Å². The van der Waals surface area contributed by atoms with E-state index in [9.17, 15) is 4.79 Å². The quantitative estimate of drug-likeness (QED) is 0.478. The highest BCUT2D eigenvalue weighted by Gasteiger charge is 2.14. The molecule has 29 heavy (non-hydrogen) atoms. The Kier molecular flexibility index (Phi) is 7.47. The van der Waals surface area contributed by atoms with E-state index in [1.807, 2.05) is 61.5 Å². The minimum atomic E-state index is -0.114. The molecule has 0 bridgehead atoms. The van der Waals surface area contributed by atoms with Gasteiger partial charge in [0.25, 0.3) is 5.91 Å². The number of amides is 1. The summed E-state index contributed by atoms with van der Waals surface area (Å²) in [5.74, 6) is 1.08. The third kappa shape index (κ3) is 6.22. The number of carbonyl (C=O) groups excluding carboxylic acids is 1. The number of hydrogen-bond acceptors (Lipinski definition) is 4. The Bertz CT molecular complexity index is 917. The van der Waals surface area contributed by atoms with Gasteiger partial charge < -0.3 is 14.4 Å². The van der Waals surface area contributed by atoms with Gasteiger partial charge in [-0.2, -0.15) is 0 Å². The van der Waals surface area contributed by atoms with Crippen molar-refractivity contribution in [2.45, 2.75) is 20.1 Å². The summed E-state index contributed by atoms with van der Waals surface area (Å²) in [6, 6.07) is 21.2. The fourth-order valence-electron chi connectivity index (χ4n) is 2.74. The van der Waals surface area contributed by atoms with Crippen molar-refractivity contribution >= 4 is 17.5 Å². The van der Waals surface area contributed by atoms with E-state index in [1.165, 1.54) is 0 Å². The van der Waals surface area contributed by atoms with E-state index < -0.39 is 0 Å². The smallest absolute Gasteiger partial charge is 0.260 e. The van der Waals surface area contributed by atoms with Gasteiger partial charge in [-0.05, 0) is 42.3 Å². The maximum Gasteiger partial charge on any atom is 0.260 e. The molecule has 0 unspecified atom stereocenters. The molecule has 3 rings (SSSR count). The van der Waals surface area contributed by atoms with Gasteiger partial charge in [-0.1, -0.05) is 54.1 Å². The van der Waals surface area contributed by atoms with Crippen molar-refractivity contribution in [3.63, 3.8) is 0 Å². The Morgan fingerprint density at radius 1 is 0.966 bits per heavy atom. The van der Waals surface area contributed by atoms with Crippen molar-refractivity contribution in [2.75, 3.05) is 13.2 Å². The van der Waals surface area contributed by atoms with E-state index in [0.717, 1.165) is 16.9 Å². The van der Waals surface area contributed by atoms with Crippen LogP contribution in [-0.2, 0) is 17.9 Å². The van der Waals surface area contributed by atoms with Gasteiger partial charge in [-0.25, -0.2) is 4.98 Å². The van der Waals surface area contributed by atoms with E-state index in [4.69, 9.17) is 21.1 Å². The molecule has 150 valence electrons. The van der Waals surface area contributed by atoms with Gasteiger partial charge >= 0.3 is 0 Å². The van der Waals surface area contributed by atoms with Crippen molar-refractivity contribution in [3.8, 4) is 11.5 Å². The number of likely N-dealkylation sites (N-methyl/N-ethyl adjacent to an activating group) is 1. The van der Waals surface area contributed by atoms with Gasteiger partial charge in [0.15, 0.2) is 17.5 Å². The summed E-state index contributed by atoms with van der Waals surface area (Å²) in [7, 11) is 0. The number of nitrogens with zero attached hydrogens (tertiary/aromatic N) is 2. The lowest BCUT2D eigenvalue weighted by Crippen LogP contribution is -2.34. The lowest BCUT2D eigenvalue weighted by molar-refractivity contribution is -0.133. The maximum atomic E-state index is 12.5. The number of rotatable bonds is 9. The summed E-state index contributed by atoms with van der Waals surface area (Å²) in [5, 5.41) is 0.245. The first-order valence-corrected chi connectivity index (χ1v) is 9.80. The monoisotopic (exact) mass is 410 g/mol. The normalized spacial score (nSPS) is 10.4. The van der Waals surface area contributed by atoms with Gasteiger partial charge in [0.05, 0.1) is 0 Å². The number of pyridine rings is 1. The Hall–Kier alpha value is -3.05. The third-order valence-electron chi connectivity index (χ3n) is 4.36. The fourth-order valence-corrected chi connectivity index (χ4v) is 2.91. The number of hydrogen-bond donors (Lipinski definition) is 0. The first-order chi connectivity index (χ1) is 14.2.